The lowest BCUT2D eigenvalue weighted by atomic mass is 10.1. The maximum absolute atomic E-state index is 14.1. The van der Waals surface area contributed by atoms with Crippen molar-refractivity contribution >= 4 is 11.4 Å². The van der Waals surface area contributed by atoms with Crippen LogP contribution in [0.25, 0.3) is 0 Å². The van der Waals surface area contributed by atoms with E-state index < -0.39 is 12.5 Å². The van der Waals surface area contributed by atoms with Crippen LogP contribution in [0.3, 0.4) is 0 Å². The Balaban J connectivity index is 2.14. The molecule has 0 atom stereocenters. The third-order valence-corrected chi connectivity index (χ3v) is 3.12. The second-order valence-corrected chi connectivity index (χ2v) is 4.98. The highest BCUT2D eigenvalue weighted by molar-refractivity contribution is 5.61. The van der Waals surface area contributed by atoms with E-state index in [0.29, 0.717) is 5.69 Å². The summed E-state index contributed by atoms with van der Waals surface area (Å²) in [6.45, 7) is -0.752. The number of ether oxygens (including phenoxy) is 1. The molecule has 21 heavy (non-hydrogen) atoms. The Kier molecular flexibility index (Phi) is 4.31. The Morgan fingerprint density at radius 1 is 1.10 bits per heavy atom. The van der Waals surface area contributed by atoms with Crippen molar-refractivity contribution in [2.75, 3.05) is 31.3 Å². The van der Waals surface area contributed by atoms with Gasteiger partial charge in [-0.05, 0) is 12.1 Å². The number of nitrogens with two attached hydrogens (primary N) is 1. The van der Waals surface area contributed by atoms with E-state index in [2.05, 4.69) is 0 Å². The summed E-state index contributed by atoms with van der Waals surface area (Å²) in [5.41, 5.74) is 6.87. The molecule has 0 spiro atoms. The minimum absolute atomic E-state index is 0.0765. The van der Waals surface area contributed by atoms with Gasteiger partial charge >= 0.3 is 5.92 Å². The molecular formula is C16H18F2N2O. The average molecular weight is 292 g/mol. The molecular weight excluding hydrogens is 274 g/mol. The molecule has 5 heteroatoms. The first-order chi connectivity index (χ1) is 9.90. The van der Waals surface area contributed by atoms with E-state index in [-0.39, 0.29) is 11.3 Å². The molecule has 0 aliphatic carbocycles. The summed E-state index contributed by atoms with van der Waals surface area (Å²) in [4.78, 5) is 1.85. The van der Waals surface area contributed by atoms with E-state index in [4.69, 9.17) is 10.5 Å². The second kappa shape index (κ2) is 5.99. The molecule has 2 aromatic rings. The van der Waals surface area contributed by atoms with Gasteiger partial charge in [0.25, 0.3) is 0 Å². The van der Waals surface area contributed by atoms with E-state index in [0.717, 1.165) is 5.69 Å². The van der Waals surface area contributed by atoms with Gasteiger partial charge in [0.05, 0.1) is 5.69 Å². The van der Waals surface area contributed by atoms with E-state index in [1.54, 1.807) is 36.4 Å². The molecule has 0 radical (unpaired) electrons. The van der Waals surface area contributed by atoms with Crippen LogP contribution >= 0.6 is 0 Å². The number of hydrogen-bond acceptors (Lipinski definition) is 3. The number of anilines is 2. The van der Waals surface area contributed by atoms with Gasteiger partial charge in [-0.3, -0.25) is 0 Å². The highest BCUT2D eigenvalue weighted by Crippen LogP contribution is 2.32. The number of benzene rings is 2. The summed E-state index contributed by atoms with van der Waals surface area (Å²) in [5.74, 6) is -2.81. The molecule has 0 amide bonds. The largest absolute Gasteiger partial charge is 0.485 e. The predicted octanol–water partition coefficient (Wildman–Crippen LogP) is 3.51. The molecule has 0 bridgehead atoms. The quantitative estimate of drug-likeness (QED) is 0.857. The Morgan fingerprint density at radius 2 is 1.76 bits per heavy atom. The fraction of sp³-hybridized carbons (Fsp3) is 0.250. The summed E-state index contributed by atoms with van der Waals surface area (Å²) >= 11 is 0. The zero-order valence-corrected chi connectivity index (χ0v) is 12.0. The van der Waals surface area contributed by atoms with Crippen molar-refractivity contribution in [3.8, 4) is 5.75 Å². The van der Waals surface area contributed by atoms with Crippen molar-refractivity contribution in [1.29, 1.82) is 0 Å². The van der Waals surface area contributed by atoms with Crippen LogP contribution in [0.1, 0.15) is 5.56 Å². The van der Waals surface area contributed by atoms with Crippen molar-refractivity contribution in [3.63, 3.8) is 0 Å². The SMILES string of the molecule is CN(C)c1ccc(N)c(OCC(F)(F)c2ccccc2)c1. The van der Waals surface area contributed by atoms with Crippen molar-refractivity contribution in [2.45, 2.75) is 5.92 Å². The molecule has 0 aromatic heterocycles. The third-order valence-electron chi connectivity index (χ3n) is 3.12. The van der Waals surface area contributed by atoms with E-state index in [1.807, 2.05) is 19.0 Å². The van der Waals surface area contributed by atoms with Crippen LogP contribution in [0.2, 0.25) is 0 Å². The average Bonchev–Trinajstić information content (AvgIpc) is 2.47. The molecule has 2 aromatic carbocycles. The fourth-order valence-corrected chi connectivity index (χ4v) is 1.86. The Hall–Kier alpha value is -2.30. The van der Waals surface area contributed by atoms with Crippen molar-refractivity contribution in [3.05, 3.63) is 54.1 Å². The topological polar surface area (TPSA) is 38.5 Å². The minimum atomic E-state index is -3.07. The van der Waals surface area contributed by atoms with Gasteiger partial charge in [0.1, 0.15) is 5.75 Å². The van der Waals surface area contributed by atoms with Gasteiger partial charge in [0.15, 0.2) is 6.61 Å². The van der Waals surface area contributed by atoms with Gasteiger partial charge in [-0.25, -0.2) is 0 Å². The number of nitrogen functional groups attached to an aromatic ring is 1. The van der Waals surface area contributed by atoms with Crippen LogP contribution in [-0.4, -0.2) is 20.7 Å². The maximum atomic E-state index is 14.1. The molecule has 0 heterocycles. The molecule has 0 saturated heterocycles. The Bertz CT molecular complexity index is 600. The van der Waals surface area contributed by atoms with Gasteiger partial charge in [-0.1, -0.05) is 30.3 Å². The highest BCUT2D eigenvalue weighted by atomic mass is 19.3. The zero-order chi connectivity index (χ0) is 15.5. The summed E-state index contributed by atoms with van der Waals surface area (Å²) in [7, 11) is 3.71. The smallest absolute Gasteiger partial charge is 0.306 e. The minimum Gasteiger partial charge on any atom is -0.485 e. The molecule has 0 fully saturated rings. The second-order valence-electron chi connectivity index (χ2n) is 4.98. The number of hydrogen-bond donors (Lipinski definition) is 1. The Labute approximate surface area is 122 Å². The molecule has 2 N–H and O–H groups in total. The standard InChI is InChI=1S/C16H18F2N2O/c1-20(2)13-8-9-14(19)15(10-13)21-11-16(17,18)12-6-4-3-5-7-12/h3-10H,11,19H2,1-2H3. The summed E-state index contributed by atoms with van der Waals surface area (Å²) in [6.07, 6.45) is 0. The molecule has 0 unspecified atom stereocenters. The van der Waals surface area contributed by atoms with Crippen molar-refractivity contribution in [1.82, 2.24) is 0 Å². The molecule has 0 aliphatic rings. The first kappa shape index (κ1) is 15.1. The van der Waals surface area contributed by atoms with E-state index >= 15 is 0 Å². The van der Waals surface area contributed by atoms with Crippen LogP contribution in [0.5, 0.6) is 5.75 Å². The molecule has 2 rings (SSSR count). The van der Waals surface area contributed by atoms with Crippen LogP contribution in [0.4, 0.5) is 20.2 Å². The lowest BCUT2D eigenvalue weighted by Crippen LogP contribution is -2.23. The molecule has 0 saturated carbocycles. The van der Waals surface area contributed by atoms with Gasteiger partial charge in [0, 0.05) is 31.4 Å². The first-order valence-electron chi connectivity index (χ1n) is 6.53. The summed E-state index contributed by atoms with van der Waals surface area (Å²) < 4.78 is 33.4. The Morgan fingerprint density at radius 3 is 2.38 bits per heavy atom. The van der Waals surface area contributed by atoms with Gasteiger partial charge in [0.2, 0.25) is 0 Å². The molecule has 3 nitrogen and oxygen atoms in total. The van der Waals surface area contributed by atoms with Crippen molar-refractivity contribution in [2.24, 2.45) is 0 Å². The molecule has 112 valence electrons. The fourth-order valence-electron chi connectivity index (χ4n) is 1.86. The summed E-state index contributed by atoms with van der Waals surface area (Å²) in [5, 5.41) is 0. The predicted molar refractivity (Wildman–Crippen MR) is 81.0 cm³/mol. The van der Waals surface area contributed by atoms with Gasteiger partial charge < -0.3 is 15.4 Å². The molecule has 0 aliphatic heterocycles. The first-order valence-corrected chi connectivity index (χ1v) is 6.53. The number of halogens is 2. The van der Waals surface area contributed by atoms with E-state index in [1.165, 1.54) is 12.1 Å². The lowest BCUT2D eigenvalue weighted by Gasteiger charge is -2.20. The normalized spacial score (nSPS) is 11.2. The lowest BCUT2D eigenvalue weighted by molar-refractivity contribution is -0.0465. The maximum Gasteiger partial charge on any atom is 0.306 e. The van der Waals surface area contributed by atoms with Crippen LogP contribution in [-0.2, 0) is 5.92 Å². The number of nitrogens with zero attached hydrogens (tertiary/aromatic N) is 1. The van der Waals surface area contributed by atoms with Crippen LogP contribution in [0.15, 0.2) is 48.5 Å². The number of rotatable bonds is 5. The van der Waals surface area contributed by atoms with Crippen LogP contribution < -0.4 is 15.4 Å². The third kappa shape index (κ3) is 3.62. The summed E-state index contributed by atoms with van der Waals surface area (Å²) in [6, 6.07) is 12.7. The zero-order valence-electron chi connectivity index (χ0n) is 12.0. The monoisotopic (exact) mass is 292 g/mol. The van der Waals surface area contributed by atoms with E-state index in [9.17, 15) is 8.78 Å². The van der Waals surface area contributed by atoms with Crippen LogP contribution in [0, 0.1) is 0 Å². The highest BCUT2D eigenvalue weighted by Gasteiger charge is 2.32. The van der Waals surface area contributed by atoms with Gasteiger partial charge in [-0.15, -0.1) is 0 Å². The van der Waals surface area contributed by atoms with Gasteiger partial charge in [-0.2, -0.15) is 8.78 Å². The number of alkyl halides is 2. The van der Waals surface area contributed by atoms with Crippen molar-refractivity contribution < 1.29 is 13.5 Å².